The van der Waals surface area contributed by atoms with Crippen LogP contribution in [0.4, 0.5) is 0 Å². The molecular formula is C14H11N5O2S. The van der Waals surface area contributed by atoms with Crippen LogP contribution in [0.3, 0.4) is 0 Å². The first-order valence-electron chi connectivity index (χ1n) is 6.38. The molecule has 0 bridgehead atoms. The second-order valence-electron chi connectivity index (χ2n) is 4.43. The van der Waals surface area contributed by atoms with Crippen LogP contribution in [0.15, 0.2) is 40.4 Å². The number of thiazole rings is 1. The van der Waals surface area contributed by atoms with Crippen molar-refractivity contribution in [3.05, 3.63) is 56.4 Å². The SMILES string of the molecule is Cc1ncc(/C=N/NC(=O)c2n[nH]c(=O)c3ccccc23)s1. The number of hydrazone groups is 1. The molecule has 1 amide bonds. The molecule has 2 N–H and O–H groups in total. The molecule has 0 saturated carbocycles. The number of nitrogens with zero attached hydrogens (tertiary/aromatic N) is 3. The minimum Gasteiger partial charge on any atom is -0.267 e. The molecule has 8 heteroatoms. The van der Waals surface area contributed by atoms with Crippen LogP contribution in [-0.2, 0) is 0 Å². The Morgan fingerprint density at radius 1 is 1.36 bits per heavy atom. The Hall–Kier alpha value is -2.87. The fourth-order valence-electron chi connectivity index (χ4n) is 1.93. The van der Waals surface area contributed by atoms with Crippen LogP contribution in [0.5, 0.6) is 0 Å². The molecule has 0 saturated heterocycles. The Morgan fingerprint density at radius 2 is 2.14 bits per heavy atom. The van der Waals surface area contributed by atoms with Crippen molar-refractivity contribution in [2.45, 2.75) is 6.92 Å². The second-order valence-corrected chi connectivity index (χ2v) is 5.69. The van der Waals surface area contributed by atoms with Crippen molar-refractivity contribution >= 4 is 34.2 Å². The maximum absolute atomic E-state index is 12.1. The molecular weight excluding hydrogens is 302 g/mol. The Morgan fingerprint density at radius 3 is 2.86 bits per heavy atom. The summed E-state index contributed by atoms with van der Waals surface area (Å²) >= 11 is 1.46. The number of aromatic nitrogens is 3. The minimum atomic E-state index is -0.495. The van der Waals surface area contributed by atoms with E-state index in [2.05, 4.69) is 25.7 Å². The fraction of sp³-hybridized carbons (Fsp3) is 0.0714. The molecule has 0 atom stereocenters. The minimum absolute atomic E-state index is 0.118. The summed E-state index contributed by atoms with van der Waals surface area (Å²) in [7, 11) is 0. The Kier molecular flexibility index (Phi) is 3.75. The third-order valence-electron chi connectivity index (χ3n) is 2.91. The zero-order valence-corrected chi connectivity index (χ0v) is 12.3. The smallest absolute Gasteiger partial charge is 0.267 e. The van der Waals surface area contributed by atoms with E-state index in [-0.39, 0.29) is 11.3 Å². The molecule has 2 aromatic heterocycles. The number of hydrogen-bond acceptors (Lipinski definition) is 6. The van der Waals surface area contributed by atoms with Gasteiger partial charge >= 0.3 is 0 Å². The van der Waals surface area contributed by atoms with Gasteiger partial charge in [0.05, 0.1) is 21.5 Å². The van der Waals surface area contributed by atoms with Crippen molar-refractivity contribution in [1.82, 2.24) is 20.6 Å². The summed E-state index contributed by atoms with van der Waals surface area (Å²) in [6.07, 6.45) is 3.18. The van der Waals surface area contributed by atoms with Crippen LogP contribution in [-0.4, -0.2) is 27.3 Å². The highest BCUT2D eigenvalue weighted by Gasteiger charge is 2.13. The number of aromatic amines is 1. The summed E-state index contributed by atoms with van der Waals surface area (Å²) < 4.78 is 0. The maximum atomic E-state index is 12.1. The number of rotatable bonds is 3. The van der Waals surface area contributed by atoms with Crippen LogP contribution < -0.4 is 11.0 Å². The molecule has 2 heterocycles. The van der Waals surface area contributed by atoms with Crippen molar-refractivity contribution < 1.29 is 4.79 Å². The summed E-state index contributed by atoms with van der Waals surface area (Å²) in [5.74, 6) is -0.495. The van der Waals surface area contributed by atoms with E-state index in [9.17, 15) is 9.59 Å². The number of carbonyl (C=O) groups excluding carboxylic acids is 1. The van der Waals surface area contributed by atoms with Gasteiger partial charge in [-0.05, 0) is 13.0 Å². The van der Waals surface area contributed by atoms with Gasteiger partial charge in [0.2, 0.25) is 0 Å². The van der Waals surface area contributed by atoms with E-state index in [0.29, 0.717) is 10.8 Å². The van der Waals surface area contributed by atoms with Gasteiger partial charge in [0.1, 0.15) is 0 Å². The van der Waals surface area contributed by atoms with Gasteiger partial charge in [-0.15, -0.1) is 11.3 Å². The number of aryl methyl sites for hydroxylation is 1. The lowest BCUT2D eigenvalue weighted by atomic mass is 10.1. The third-order valence-corrected chi connectivity index (χ3v) is 3.76. The van der Waals surface area contributed by atoms with Crippen molar-refractivity contribution in [3.63, 3.8) is 0 Å². The third kappa shape index (κ3) is 2.77. The lowest BCUT2D eigenvalue weighted by Gasteiger charge is -2.02. The summed E-state index contributed by atoms with van der Waals surface area (Å²) in [5.41, 5.74) is 2.17. The van der Waals surface area contributed by atoms with Crippen LogP contribution >= 0.6 is 11.3 Å². The molecule has 3 aromatic rings. The average Bonchev–Trinajstić information content (AvgIpc) is 2.93. The van der Waals surface area contributed by atoms with Gasteiger partial charge in [-0.1, -0.05) is 18.2 Å². The van der Waals surface area contributed by atoms with Gasteiger partial charge in [0.25, 0.3) is 11.5 Å². The van der Waals surface area contributed by atoms with Crippen LogP contribution in [0.2, 0.25) is 0 Å². The normalized spacial score (nSPS) is 11.1. The number of amides is 1. The number of hydrogen-bond donors (Lipinski definition) is 2. The lowest BCUT2D eigenvalue weighted by molar-refractivity contribution is 0.0951. The van der Waals surface area contributed by atoms with Gasteiger partial charge in [-0.2, -0.15) is 10.2 Å². The number of carbonyl (C=O) groups is 1. The predicted molar refractivity (Wildman–Crippen MR) is 84.3 cm³/mol. The monoisotopic (exact) mass is 313 g/mol. The molecule has 22 heavy (non-hydrogen) atoms. The quantitative estimate of drug-likeness (QED) is 0.564. The van der Waals surface area contributed by atoms with Gasteiger partial charge in [0.15, 0.2) is 5.69 Å². The van der Waals surface area contributed by atoms with E-state index < -0.39 is 5.91 Å². The standard InChI is InChI=1S/C14H11N5O2S/c1-8-15-6-9(22-8)7-16-18-14(21)12-10-4-2-3-5-11(10)13(20)19-17-12/h2-7H,1H3,(H,18,21)(H,19,20)/b16-7+. The first-order valence-corrected chi connectivity index (χ1v) is 7.20. The maximum Gasteiger partial charge on any atom is 0.292 e. The molecule has 0 unspecified atom stereocenters. The molecule has 110 valence electrons. The lowest BCUT2D eigenvalue weighted by Crippen LogP contribution is -2.22. The Balaban J connectivity index is 1.85. The largest absolute Gasteiger partial charge is 0.292 e. The number of benzene rings is 1. The summed E-state index contributed by atoms with van der Waals surface area (Å²) in [5, 5.41) is 11.8. The molecule has 3 rings (SSSR count). The average molecular weight is 313 g/mol. The van der Waals surface area contributed by atoms with Crippen molar-refractivity contribution in [2.24, 2.45) is 5.10 Å². The van der Waals surface area contributed by atoms with E-state index in [0.717, 1.165) is 9.88 Å². The molecule has 0 spiro atoms. The number of H-pyrrole nitrogens is 1. The van der Waals surface area contributed by atoms with E-state index in [1.165, 1.54) is 17.6 Å². The first-order chi connectivity index (χ1) is 10.6. The Bertz CT molecular complexity index is 928. The highest BCUT2D eigenvalue weighted by molar-refractivity contribution is 7.13. The van der Waals surface area contributed by atoms with Gasteiger partial charge in [-0.3, -0.25) is 9.59 Å². The van der Waals surface area contributed by atoms with E-state index in [1.807, 2.05) is 6.92 Å². The zero-order chi connectivity index (χ0) is 15.5. The van der Waals surface area contributed by atoms with Crippen LogP contribution in [0.1, 0.15) is 20.4 Å². The van der Waals surface area contributed by atoms with Crippen LogP contribution in [0.25, 0.3) is 10.8 Å². The summed E-state index contributed by atoms with van der Waals surface area (Å²) in [6, 6.07) is 6.77. The van der Waals surface area contributed by atoms with E-state index >= 15 is 0 Å². The Labute approximate surface area is 128 Å². The second kappa shape index (κ2) is 5.86. The zero-order valence-electron chi connectivity index (χ0n) is 11.5. The molecule has 0 aliphatic rings. The van der Waals surface area contributed by atoms with Crippen LogP contribution in [0, 0.1) is 6.92 Å². The first kappa shape index (κ1) is 14.1. The number of fused-ring (bicyclic) bond motifs is 1. The van der Waals surface area contributed by atoms with Crippen molar-refractivity contribution in [3.8, 4) is 0 Å². The molecule has 0 fully saturated rings. The number of nitrogens with one attached hydrogen (secondary N) is 2. The predicted octanol–water partition coefficient (Wildman–Crippen LogP) is 1.45. The van der Waals surface area contributed by atoms with Crippen molar-refractivity contribution in [2.75, 3.05) is 0 Å². The van der Waals surface area contributed by atoms with E-state index in [1.54, 1.807) is 30.5 Å². The molecule has 7 nitrogen and oxygen atoms in total. The fourth-order valence-corrected chi connectivity index (χ4v) is 2.59. The summed E-state index contributed by atoms with van der Waals surface area (Å²) in [6.45, 7) is 1.89. The molecule has 0 radical (unpaired) electrons. The van der Waals surface area contributed by atoms with Gasteiger partial charge in [0, 0.05) is 11.6 Å². The highest BCUT2D eigenvalue weighted by atomic mass is 32.1. The molecule has 0 aliphatic heterocycles. The highest BCUT2D eigenvalue weighted by Crippen LogP contribution is 2.12. The molecule has 1 aromatic carbocycles. The van der Waals surface area contributed by atoms with Crippen molar-refractivity contribution in [1.29, 1.82) is 0 Å². The van der Waals surface area contributed by atoms with E-state index in [4.69, 9.17) is 0 Å². The summed E-state index contributed by atoms with van der Waals surface area (Å²) in [4.78, 5) is 28.7. The van der Waals surface area contributed by atoms with Gasteiger partial charge in [-0.25, -0.2) is 15.5 Å². The van der Waals surface area contributed by atoms with Gasteiger partial charge < -0.3 is 0 Å². The molecule has 0 aliphatic carbocycles. The topological polar surface area (TPSA) is 100 Å².